The highest BCUT2D eigenvalue weighted by Crippen LogP contribution is 2.26. The molecule has 130 valence electrons. The van der Waals surface area contributed by atoms with Crippen molar-refractivity contribution in [3.8, 4) is 11.4 Å². The molecule has 1 atom stereocenters. The molecule has 1 aromatic carbocycles. The van der Waals surface area contributed by atoms with Gasteiger partial charge in [-0.1, -0.05) is 23.7 Å². The Morgan fingerprint density at radius 1 is 1.42 bits per heavy atom. The van der Waals surface area contributed by atoms with Crippen LogP contribution in [0.25, 0.3) is 11.4 Å². The van der Waals surface area contributed by atoms with Crippen molar-refractivity contribution in [1.29, 1.82) is 0 Å². The first-order chi connectivity index (χ1) is 11.3. The number of nitrogens with zero attached hydrogens (tertiary/aromatic N) is 4. The van der Waals surface area contributed by atoms with Crippen molar-refractivity contribution in [1.82, 2.24) is 19.2 Å². The Hall–Kier alpha value is -1.22. The topological polar surface area (TPSA) is 60.1 Å². The molecule has 0 spiro atoms. The SMILES string of the molecule is CN(Cn1nc(-c2ccccc2Cl)n(C)c1=S)[C@@H]1CCS(=O)(=O)C1. The summed E-state index contributed by atoms with van der Waals surface area (Å²) < 4.78 is 27.4. The van der Waals surface area contributed by atoms with Gasteiger partial charge in [-0.05, 0) is 37.8 Å². The summed E-state index contributed by atoms with van der Waals surface area (Å²) in [5.41, 5.74) is 0.817. The van der Waals surface area contributed by atoms with Crippen LogP contribution in [-0.4, -0.2) is 52.3 Å². The number of rotatable bonds is 4. The maximum atomic E-state index is 11.7. The van der Waals surface area contributed by atoms with E-state index >= 15 is 0 Å². The Balaban J connectivity index is 1.87. The van der Waals surface area contributed by atoms with Crippen LogP contribution >= 0.6 is 23.8 Å². The Kier molecular flexibility index (Phi) is 4.83. The van der Waals surface area contributed by atoms with Crippen molar-refractivity contribution in [3.63, 3.8) is 0 Å². The third-order valence-corrected chi connectivity index (χ3v) is 6.91. The van der Waals surface area contributed by atoms with E-state index in [2.05, 4.69) is 5.10 Å². The molecule has 1 aliphatic rings. The summed E-state index contributed by atoms with van der Waals surface area (Å²) >= 11 is 11.7. The molecule has 2 heterocycles. The second-order valence-electron chi connectivity index (χ2n) is 6.10. The van der Waals surface area contributed by atoms with E-state index < -0.39 is 9.84 Å². The second kappa shape index (κ2) is 6.59. The molecule has 0 amide bonds. The van der Waals surface area contributed by atoms with Crippen LogP contribution < -0.4 is 0 Å². The maximum absolute atomic E-state index is 11.7. The first kappa shape index (κ1) is 17.6. The summed E-state index contributed by atoms with van der Waals surface area (Å²) in [7, 11) is 0.837. The highest BCUT2D eigenvalue weighted by Gasteiger charge is 2.31. The number of hydrogen-bond donors (Lipinski definition) is 0. The minimum absolute atomic E-state index is 0.00247. The van der Waals surface area contributed by atoms with E-state index in [1.54, 1.807) is 4.68 Å². The lowest BCUT2D eigenvalue weighted by Crippen LogP contribution is -2.34. The number of hydrogen-bond acceptors (Lipinski definition) is 5. The lowest BCUT2D eigenvalue weighted by molar-refractivity contribution is 0.196. The fourth-order valence-corrected chi connectivity index (χ4v) is 5.12. The van der Waals surface area contributed by atoms with Crippen molar-refractivity contribution >= 4 is 33.7 Å². The summed E-state index contributed by atoms with van der Waals surface area (Å²) in [6.45, 7) is 0.442. The Morgan fingerprint density at radius 2 is 2.12 bits per heavy atom. The predicted octanol–water partition coefficient (Wildman–Crippen LogP) is 2.35. The van der Waals surface area contributed by atoms with Crippen LogP contribution in [0.4, 0.5) is 0 Å². The van der Waals surface area contributed by atoms with Crippen LogP contribution in [0.3, 0.4) is 0 Å². The average Bonchev–Trinajstić information content (AvgIpc) is 3.02. The molecule has 0 bridgehead atoms. The molecule has 3 rings (SSSR count). The molecule has 1 aromatic heterocycles. The number of sulfone groups is 1. The zero-order valence-corrected chi connectivity index (χ0v) is 15.9. The number of benzene rings is 1. The van der Waals surface area contributed by atoms with Gasteiger partial charge in [0.2, 0.25) is 0 Å². The molecule has 0 radical (unpaired) electrons. The first-order valence-electron chi connectivity index (χ1n) is 7.58. The van der Waals surface area contributed by atoms with Crippen LogP contribution in [0.1, 0.15) is 6.42 Å². The van der Waals surface area contributed by atoms with E-state index in [-0.39, 0.29) is 17.5 Å². The normalized spacial score (nSPS) is 19.9. The summed E-state index contributed by atoms with van der Waals surface area (Å²) in [4.78, 5) is 1.99. The van der Waals surface area contributed by atoms with Gasteiger partial charge in [0.05, 0.1) is 23.2 Å². The Morgan fingerprint density at radius 3 is 2.75 bits per heavy atom. The second-order valence-corrected chi connectivity index (χ2v) is 9.10. The van der Waals surface area contributed by atoms with Crippen LogP contribution in [0.15, 0.2) is 24.3 Å². The van der Waals surface area contributed by atoms with Crippen molar-refractivity contribution < 1.29 is 8.42 Å². The highest BCUT2D eigenvalue weighted by molar-refractivity contribution is 7.91. The molecule has 0 N–H and O–H groups in total. The van der Waals surface area contributed by atoms with Crippen LogP contribution in [0.5, 0.6) is 0 Å². The van der Waals surface area contributed by atoms with E-state index in [0.717, 1.165) is 5.56 Å². The van der Waals surface area contributed by atoms with Crippen molar-refractivity contribution in [2.75, 3.05) is 18.6 Å². The average molecular weight is 387 g/mol. The van der Waals surface area contributed by atoms with Gasteiger partial charge in [0.15, 0.2) is 20.4 Å². The van der Waals surface area contributed by atoms with Crippen molar-refractivity contribution in [3.05, 3.63) is 34.1 Å². The Labute approximate surface area is 151 Å². The van der Waals surface area contributed by atoms with Crippen LogP contribution in [0, 0.1) is 4.77 Å². The molecule has 1 aliphatic heterocycles. The fourth-order valence-electron chi connectivity index (χ4n) is 2.91. The molecule has 1 saturated heterocycles. The molecule has 1 fully saturated rings. The van der Waals surface area contributed by atoms with Crippen LogP contribution in [-0.2, 0) is 23.6 Å². The molecular formula is C15H19ClN4O2S2. The van der Waals surface area contributed by atoms with Crippen molar-refractivity contribution in [2.45, 2.75) is 19.1 Å². The molecular weight excluding hydrogens is 368 g/mol. The van der Waals surface area contributed by atoms with Gasteiger partial charge in [-0.25, -0.2) is 13.1 Å². The lowest BCUT2D eigenvalue weighted by Gasteiger charge is -2.22. The van der Waals surface area contributed by atoms with Gasteiger partial charge < -0.3 is 4.57 Å². The monoisotopic (exact) mass is 386 g/mol. The van der Waals surface area contributed by atoms with E-state index in [0.29, 0.717) is 28.7 Å². The smallest absolute Gasteiger partial charge is 0.199 e. The van der Waals surface area contributed by atoms with Gasteiger partial charge in [-0.3, -0.25) is 4.90 Å². The molecule has 6 nitrogen and oxygen atoms in total. The molecule has 0 aliphatic carbocycles. The largest absolute Gasteiger partial charge is 0.303 e. The summed E-state index contributed by atoms with van der Waals surface area (Å²) in [6, 6.07) is 7.48. The number of aromatic nitrogens is 3. The quantitative estimate of drug-likeness (QED) is 0.755. The molecule has 0 saturated carbocycles. The van der Waals surface area contributed by atoms with E-state index in [1.165, 1.54) is 0 Å². The van der Waals surface area contributed by atoms with Gasteiger partial charge in [0.1, 0.15) is 0 Å². The maximum Gasteiger partial charge on any atom is 0.199 e. The van der Waals surface area contributed by atoms with Gasteiger partial charge in [0.25, 0.3) is 0 Å². The summed E-state index contributed by atoms with van der Waals surface area (Å²) in [6.07, 6.45) is 0.649. The molecule has 2 aromatic rings. The number of halogens is 1. The fraction of sp³-hybridized carbons (Fsp3) is 0.467. The minimum Gasteiger partial charge on any atom is -0.303 e. The standard InChI is InChI=1S/C15H19ClN4O2S2/c1-18(11-7-8-24(21,22)9-11)10-20-15(23)19(2)14(17-20)12-5-3-4-6-13(12)16/h3-6,11H,7-10H2,1-2H3/t11-/m1/s1. The molecule has 0 unspecified atom stereocenters. The summed E-state index contributed by atoms with van der Waals surface area (Å²) in [5, 5.41) is 5.20. The van der Waals surface area contributed by atoms with Gasteiger partial charge in [-0.15, -0.1) is 0 Å². The van der Waals surface area contributed by atoms with Gasteiger partial charge in [0, 0.05) is 18.7 Å². The minimum atomic E-state index is -2.91. The van der Waals surface area contributed by atoms with Crippen molar-refractivity contribution in [2.24, 2.45) is 7.05 Å². The zero-order chi connectivity index (χ0) is 17.5. The third kappa shape index (κ3) is 3.42. The highest BCUT2D eigenvalue weighted by atomic mass is 35.5. The zero-order valence-electron chi connectivity index (χ0n) is 13.5. The first-order valence-corrected chi connectivity index (χ1v) is 10.2. The molecule has 9 heteroatoms. The van der Waals surface area contributed by atoms with Gasteiger partial charge in [-0.2, -0.15) is 5.10 Å². The van der Waals surface area contributed by atoms with Gasteiger partial charge >= 0.3 is 0 Å². The Bertz CT molecular complexity index is 920. The van der Waals surface area contributed by atoms with Crippen LogP contribution in [0.2, 0.25) is 5.02 Å². The summed E-state index contributed by atoms with van der Waals surface area (Å²) in [5.74, 6) is 1.14. The van der Waals surface area contributed by atoms with E-state index in [1.807, 2.05) is 47.8 Å². The lowest BCUT2D eigenvalue weighted by atomic mass is 10.2. The van der Waals surface area contributed by atoms with E-state index in [9.17, 15) is 8.42 Å². The molecule has 24 heavy (non-hydrogen) atoms. The van der Waals surface area contributed by atoms with E-state index in [4.69, 9.17) is 23.8 Å². The predicted molar refractivity (Wildman–Crippen MR) is 97.3 cm³/mol. The third-order valence-electron chi connectivity index (χ3n) is 4.34.